The second-order valence-electron chi connectivity index (χ2n) is 5.01. The highest BCUT2D eigenvalue weighted by atomic mass is 32.2. The van der Waals surface area contributed by atoms with Gasteiger partial charge in [-0.3, -0.25) is 4.79 Å². The number of rotatable bonds is 3. The van der Waals surface area contributed by atoms with Gasteiger partial charge in [-0.25, -0.2) is 9.18 Å². The van der Waals surface area contributed by atoms with E-state index in [9.17, 15) is 19.1 Å². The number of halogens is 1. The van der Waals surface area contributed by atoms with E-state index in [0.29, 0.717) is 5.75 Å². The van der Waals surface area contributed by atoms with E-state index in [1.165, 1.54) is 34.9 Å². The van der Waals surface area contributed by atoms with E-state index in [4.69, 9.17) is 0 Å². The smallest absolute Gasteiger partial charge is 0.327 e. The van der Waals surface area contributed by atoms with E-state index in [1.54, 1.807) is 6.07 Å². The zero-order valence-corrected chi connectivity index (χ0v) is 12.1. The van der Waals surface area contributed by atoms with Gasteiger partial charge in [0.2, 0.25) is 0 Å². The number of amides is 1. The van der Waals surface area contributed by atoms with Crippen molar-refractivity contribution in [2.24, 2.45) is 5.92 Å². The highest BCUT2D eigenvalue weighted by Crippen LogP contribution is 2.35. The average molecular weight is 297 g/mol. The quantitative estimate of drug-likeness (QED) is 0.931. The van der Waals surface area contributed by atoms with Gasteiger partial charge in [0.05, 0.1) is 10.9 Å². The summed E-state index contributed by atoms with van der Waals surface area (Å²) in [6.45, 7) is 3.84. The zero-order chi connectivity index (χ0) is 14.9. The largest absolute Gasteiger partial charge is 0.480 e. The van der Waals surface area contributed by atoms with Crippen molar-refractivity contribution in [1.29, 1.82) is 0 Å². The Balaban J connectivity index is 2.37. The van der Waals surface area contributed by atoms with E-state index in [-0.39, 0.29) is 16.9 Å². The summed E-state index contributed by atoms with van der Waals surface area (Å²) >= 11 is 1.43. The molecule has 1 N–H and O–H groups in total. The van der Waals surface area contributed by atoms with Crippen LogP contribution >= 0.6 is 11.8 Å². The van der Waals surface area contributed by atoms with Crippen molar-refractivity contribution in [3.05, 3.63) is 35.6 Å². The summed E-state index contributed by atoms with van der Waals surface area (Å²) in [5.41, 5.74) is -0.0769. The molecule has 0 aromatic heterocycles. The van der Waals surface area contributed by atoms with Gasteiger partial charge in [-0.05, 0) is 18.1 Å². The lowest BCUT2D eigenvalue weighted by Crippen LogP contribution is -2.47. The lowest BCUT2D eigenvalue weighted by Gasteiger charge is -2.29. The molecule has 0 radical (unpaired) electrons. The molecule has 0 bridgehead atoms. The Morgan fingerprint density at radius 1 is 1.40 bits per heavy atom. The standard InChI is InChI=1S/C14H16FNO3S/c1-8(2)13-16(11(7-20-13)14(18)19)12(17)9-5-3-4-6-10(9)15/h3-6,8,11,13H,7H2,1-2H3,(H,18,19)/t11-,13-/m1/s1. The fourth-order valence-electron chi connectivity index (χ4n) is 2.26. The van der Waals surface area contributed by atoms with Crippen molar-refractivity contribution in [3.63, 3.8) is 0 Å². The molecular weight excluding hydrogens is 281 g/mol. The maximum Gasteiger partial charge on any atom is 0.327 e. The minimum atomic E-state index is -1.05. The molecule has 2 rings (SSSR count). The van der Waals surface area contributed by atoms with Crippen molar-refractivity contribution in [2.45, 2.75) is 25.3 Å². The molecule has 1 amide bonds. The van der Waals surface area contributed by atoms with Crippen LogP contribution in [0.5, 0.6) is 0 Å². The van der Waals surface area contributed by atoms with Crippen LogP contribution in [-0.2, 0) is 4.79 Å². The molecule has 108 valence electrons. The van der Waals surface area contributed by atoms with Gasteiger partial charge in [0.25, 0.3) is 5.91 Å². The third-order valence-electron chi connectivity index (χ3n) is 3.23. The van der Waals surface area contributed by atoms with Gasteiger partial charge < -0.3 is 10.0 Å². The van der Waals surface area contributed by atoms with Crippen molar-refractivity contribution in [3.8, 4) is 0 Å². The van der Waals surface area contributed by atoms with Crippen LogP contribution in [0.3, 0.4) is 0 Å². The number of hydrogen-bond donors (Lipinski definition) is 1. The molecule has 1 aromatic rings. The minimum Gasteiger partial charge on any atom is -0.480 e. The predicted octanol–water partition coefficient (Wildman–Crippen LogP) is 2.45. The van der Waals surface area contributed by atoms with Crippen molar-refractivity contribution < 1.29 is 19.1 Å². The summed E-state index contributed by atoms with van der Waals surface area (Å²) in [6.07, 6.45) is 0. The van der Waals surface area contributed by atoms with Crippen LogP contribution in [0.15, 0.2) is 24.3 Å². The van der Waals surface area contributed by atoms with Crippen LogP contribution in [-0.4, -0.2) is 39.1 Å². The number of carbonyl (C=O) groups is 2. The van der Waals surface area contributed by atoms with Crippen molar-refractivity contribution >= 4 is 23.6 Å². The first-order valence-electron chi connectivity index (χ1n) is 6.35. The van der Waals surface area contributed by atoms with Crippen molar-refractivity contribution in [1.82, 2.24) is 4.90 Å². The topological polar surface area (TPSA) is 57.6 Å². The lowest BCUT2D eigenvalue weighted by molar-refractivity contribution is -0.141. The molecule has 4 nitrogen and oxygen atoms in total. The lowest BCUT2D eigenvalue weighted by atomic mass is 10.1. The third-order valence-corrected chi connectivity index (χ3v) is 4.85. The van der Waals surface area contributed by atoms with Gasteiger partial charge >= 0.3 is 5.97 Å². The Morgan fingerprint density at radius 2 is 2.05 bits per heavy atom. The Morgan fingerprint density at radius 3 is 2.60 bits per heavy atom. The zero-order valence-electron chi connectivity index (χ0n) is 11.2. The molecule has 1 heterocycles. The van der Waals surface area contributed by atoms with Crippen LogP contribution in [0, 0.1) is 11.7 Å². The number of carboxylic acids is 1. The van der Waals surface area contributed by atoms with E-state index < -0.39 is 23.7 Å². The fourth-order valence-corrected chi connectivity index (χ4v) is 3.73. The number of hydrogen-bond acceptors (Lipinski definition) is 3. The summed E-state index contributed by atoms with van der Waals surface area (Å²) in [6, 6.07) is 4.76. The predicted molar refractivity (Wildman–Crippen MR) is 75.1 cm³/mol. The molecule has 1 aromatic carbocycles. The molecule has 1 aliphatic rings. The van der Waals surface area contributed by atoms with Gasteiger partial charge in [0, 0.05) is 5.75 Å². The molecule has 0 saturated carbocycles. The van der Waals surface area contributed by atoms with Gasteiger partial charge in [-0.2, -0.15) is 0 Å². The van der Waals surface area contributed by atoms with Crippen LogP contribution in [0.1, 0.15) is 24.2 Å². The highest BCUT2D eigenvalue weighted by molar-refractivity contribution is 8.00. The SMILES string of the molecule is CC(C)[C@H]1SC[C@H](C(=O)O)N1C(=O)c1ccccc1F. The van der Waals surface area contributed by atoms with E-state index in [2.05, 4.69) is 0 Å². The van der Waals surface area contributed by atoms with Crippen LogP contribution in [0.25, 0.3) is 0 Å². The first-order valence-corrected chi connectivity index (χ1v) is 7.40. The number of thioether (sulfide) groups is 1. The molecular formula is C14H16FNO3S. The third kappa shape index (κ3) is 2.65. The Bertz CT molecular complexity index is 535. The summed E-state index contributed by atoms with van der Waals surface area (Å²) in [5.74, 6) is -1.80. The summed E-state index contributed by atoms with van der Waals surface area (Å²) < 4.78 is 13.7. The second-order valence-corrected chi connectivity index (χ2v) is 6.16. The Labute approximate surface area is 121 Å². The van der Waals surface area contributed by atoms with Gasteiger partial charge in [-0.15, -0.1) is 11.8 Å². The maximum atomic E-state index is 13.7. The van der Waals surface area contributed by atoms with Gasteiger partial charge in [-0.1, -0.05) is 26.0 Å². The van der Waals surface area contributed by atoms with E-state index in [1.807, 2.05) is 13.8 Å². The molecule has 0 unspecified atom stereocenters. The van der Waals surface area contributed by atoms with Crippen LogP contribution in [0.2, 0.25) is 0 Å². The summed E-state index contributed by atoms with van der Waals surface area (Å²) in [4.78, 5) is 25.1. The number of carboxylic acid groups (broad SMARTS) is 1. The molecule has 1 fully saturated rings. The molecule has 20 heavy (non-hydrogen) atoms. The molecule has 0 aliphatic carbocycles. The molecule has 6 heteroatoms. The maximum absolute atomic E-state index is 13.7. The summed E-state index contributed by atoms with van der Waals surface area (Å²) in [7, 11) is 0. The first kappa shape index (κ1) is 14.8. The number of carbonyl (C=O) groups excluding carboxylic acids is 1. The molecule has 1 aliphatic heterocycles. The summed E-state index contributed by atoms with van der Waals surface area (Å²) in [5, 5.41) is 9.00. The first-order chi connectivity index (χ1) is 9.43. The van der Waals surface area contributed by atoms with E-state index in [0.717, 1.165) is 0 Å². The normalized spacial score (nSPS) is 22.3. The highest BCUT2D eigenvalue weighted by Gasteiger charge is 2.43. The van der Waals surface area contributed by atoms with Gasteiger partial charge in [0.1, 0.15) is 11.9 Å². The van der Waals surface area contributed by atoms with Crippen LogP contribution < -0.4 is 0 Å². The van der Waals surface area contributed by atoms with Gasteiger partial charge in [0.15, 0.2) is 0 Å². The minimum absolute atomic E-state index is 0.0769. The second kappa shape index (κ2) is 5.83. The number of benzene rings is 1. The fraction of sp³-hybridized carbons (Fsp3) is 0.429. The Hall–Kier alpha value is -1.56. The molecule has 0 spiro atoms. The molecule has 1 saturated heterocycles. The van der Waals surface area contributed by atoms with Crippen molar-refractivity contribution in [2.75, 3.05) is 5.75 Å². The van der Waals surface area contributed by atoms with Crippen LogP contribution in [0.4, 0.5) is 4.39 Å². The average Bonchev–Trinajstić information content (AvgIpc) is 2.83. The van der Waals surface area contributed by atoms with E-state index >= 15 is 0 Å². The Kier molecular flexibility index (Phi) is 4.32. The monoisotopic (exact) mass is 297 g/mol. The number of nitrogens with zero attached hydrogens (tertiary/aromatic N) is 1. The number of aliphatic carboxylic acids is 1. The molecule has 2 atom stereocenters.